The highest BCUT2D eigenvalue weighted by Gasteiger charge is 2.26. The van der Waals surface area contributed by atoms with E-state index in [4.69, 9.17) is 15.2 Å². The van der Waals surface area contributed by atoms with E-state index in [9.17, 15) is 9.59 Å². The summed E-state index contributed by atoms with van der Waals surface area (Å²) in [7, 11) is 0. The van der Waals surface area contributed by atoms with Crippen molar-refractivity contribution in [2.24, 2.45) is 11.7 Å². The fraction of sp³-hybridized carbons (Fsp3) is 0.600. The molecular weight excluding hydrogens is 332 g/mol. The molecule has 0 aliphatic carbocycles. The van der Waals surface area contributed by atoms with Crippen molar-refractivity contribution >= 4 is 12.0 Å². The quantitative estimate of drug-likeness (QED) is 0.869. The Morgan fingerprint density at radius 2 is 1.88 bits per heavy atom. The Hall–Kier alpha value is -2.24. The summed E-state index contributed by atoms with van der Waals surface area (Å²) in [6.45, 7) is 9.57. The molecule has 26 heavy (non-hydrogen) atoms. The number of nitrogens with two attached hydrogens (primary N) is 1. The zero-order chi connectivity index (χ0) is 19.3. The van der Waals surface area contributed by atoms with Crippen LogP contribution in [0, 0.1) is 12.8 Å². The number of hydrogen-bond acceptors (Lipinski definition) is 4. The molecule has 2 N–H and O–H groups in total. The highest BCUT2D eigenvalue weighted by molar-refractivity contribution is 5.94. The summed E-state index contributed by atoms with van der Waals surface area (Å²) >= 11 is 0. The van der Waals surface area contributed by atoms with Crippen molar-refractivity contribution in [2.75, 3.05) is 19.7 Å². The van der Waals surface area contributed by atoms with E-state index < -0.39 is 11.5 Å². The Morgan fingerprint density at radius 3 is 2.42 bits per heavy atom. The maximum Gasteiger partial charge on any atom is 0.410 e. The third kappa shape index (κ3) is 5.93. The maximum atomic E-state index is 12.1. The van der Waals surface area contributed by atoms with E-state index >= 15 is 0 Å². The highest BCUT2D eigenvalue weighted by Crippen LogP contribution is 2.23. The van der Waals surface area contributed by atoms with Gasteiger partial charge < -0.3 is 20.1 Å². The van der Waals surface area contributed by atoms with Crippen molar-refractivity contribution in [3.05, 3.63) is 29.3 Å². The number of primary amides is 1. The van der Waals surface area contributed by atoms with Gasteiger partial charge >= 0.3 is 6.09 Å². The van der Waals surface area contributed by atoms with Crippen molar-refractivity contribution in [1.29, 1.82) is 0 Å². The van der Waals surface area contributed by atoms with Crippen LogP contribution in [0.2, 0.25) is 0 Å². The molecule has 1 saturated heterocycles. The van der Waals surface area contributed by atoms with Gasteiger partial charge in [0.2, 0.25) is 5.91 Å². The lowest BCUT2D eigenvalue weighted by atomic mass is 9.94. The number of benzene rings is 1. The summed E-state index contributed by atoms with van der Waals surface area (Å²) in [5, 5.41) is 0. The average Bonchev–Trinajstić information content (AvgIpc) is 2.53. The molecule has 1 aromatic carbocycles. The number of hydrogen-bond donors (Lipinski definition) is 1. The molecule has 0 unspecified atom stereocenters. The van der Waals surface area contributed by atoms with Gasteiger partial charge in [0.1, 0.15) is 11.4 Å². The molecule has 0 radical (unpaired) electrons. The van der Waals surface area contributed by atoms with Gasteiger partial charge in [0.05, 0.1) is 6.61 Å². The van der Waals surface area contributed by atoms with Crippen molar-refractivity contribution in [3.63, 3.8) is 0 Å². The minimum Gasteiger partial charge on any atom is -0.494 e. The molecule has 1 aliphatic rings. The van der Waals surface area contributed by atoms with E-state index in [1.807, 2.05) is 33.8 Å². The summed E-state index contributed by atoms with van der Waals surface area (Å²) in [5.74, 6) is 0.865. The second-order valence-corrected chi connectivity index (χ2v) is 7.89. The topological polar surface area (TPSA) is 81.9 Å². The van der Waals surface area contributed by atoms with Gasteiger partial charge in [0.15, 0.2) is 0 Å². The number of amides is 2. The molecule has 2 amide bonds. The molecule has 0 spiro atoms. The molecule has 0 saturated carbocycles. The minimum absolute atomic E-state index is 0.225. The van der Waals surface area contributed by atoms with Crippen molar-refractivity contribution in [1.82, 2.24) is 4.90 Å². The summed E-state index contributed by atoms with van der Waals surface area (Å²) < 4.78 is 11.2. The fourth-order valence-electron chi connectivity index (χ4n) is 3.08. The Balaban J connectivity index is 1.73. The van der Waals surface area contributed by atoms with Crippen LogP contribution in [-0.2, 0) is 4.74 Å². The van der Waals surface area contributed by atoms with Gasteiger partial charge in [-0.3, -0.25) is 4.79 Å². The van der Waals surface area contributed by atoms with Crippen LogP contribution in [0.4, 0.5) is 4.79 Å². The van der Waals surface area contributed by atoms with E-state index in [-0.39, 0.29) is 6.09 Å². The van der Waals surface area contributed by atoms with Crippen molar-refractivity contribution < 1.29 is 19.1 Å². The van der Waals surface area contributed by atoms with Crippen LogP contribution in [0.5, 0.6) is 5.75 Å². The third-order valence-electron chi connectivity index (χ3n) is 4.52. The first-order valence-corrected chi connectivity index (χ1v) is 9.17. The van der Waals surface area contributed by atoms with E-state index in [0.29, 0.717) is 18.1 Å². The Kier molecular flexibility index (Phi) is 6.51. The molecule has 1 aromatic rings. The number of aryl methyl sites for hydroxylation is 1. The average molecular weight is 362 g/mol. The van der Waals surface area contributed by atoms with Gasteiger partial charge in [-0.15, -0.1) is 0 Å². The van der Waals surface area contributed by atoms with E-state index in [2.05, 4.69) is 0 Å². The molecule has 2 rings (SSSR count). The smallest absolute Gasteiger partial charge is 0.410 e. The number of likely N-dealkylation sites (tertiary alicyclic amines) is 1. The standard InChI is InChI=1S/C20H30N2O4/c1-14-13-16(5-6-17(14)18(21)23)25-12-9-15-7-10-22(11-8-15)19(24)26-20(2,3)4/h5-6,13,15H,7-12H2,1-4H3,(H2,21,23). The first kappa shape index (κ1) is 20.1. The molecule has 1 fully saturated rings. The van der Waals surface area contributed by atoms with Gasteiger partial charge in [-0.05, 0) is 76.6 Å². The molecule has 6 heteroatoms. The molecule has 144 valence electrons. The van der Waals surface area contributed by atoms with Crippen molar-refractivity contribution in [2.45, 2.75) is 52.6 Å². The van der Waals surface area contributed by atoms with Crippen LogP contribution in [0.25, 0.3) is 0 Å². The Bertz CT molecular complexity index is 644. The number of carbonyl (C=O) groups is 2. The first-order valence-electron chi connectivity index (χ1n) is 9.17. The largest absolute Gasteiger partial charge is 0.494 e. The van der Waals surface area contributed by atoms with Crippen LogP contribution in [0.15, 0.2) is 18.2 Å². The summed E-state index contributed by atoms with van der Waals surface area (Å²) in [6.07, 6.45) is 2.64. The lowest BCUT2D eigenvalue weighted by Gasteiger charge is -2.33. The Labute approximate surface area is 155 Å². The predicted octanol–water partition coefficient (Wildman–Crippen LogP) is 3.51. The monoisotopic (exact) mass is 362 g/mol. The number of carbonyl (C=O) groups excluding carboxylic acids is 2. The number of rotatable bonds is 5. The first-order chi connectivity index (χ1) is 12.2. The van der Waals surface area contributed by atoms with Gasteiger partial charge in [-0.2, -0.15) is 0 Å². The van der Waals surface area contributed by atoms with Gasteiger partial charge in [0, 0.05) is 18.7 Å². The van der Waals surface area contributed by atoms with E-state index in [1.165, 1.54) is 0 Å². The van der Waals surface area contributed by atoms with Gasteiger partial charge in [0.25, 0.3) is 0 Å². The van der Waals surface area contributed by atoms with E-state index in [0.717, 1.165) is 43.7 Å². The number of nitrogens with zero attached hydrogens (tertiary/aromatic N) is 1. The lowest BCUT2D eigenvalue weighted by Crippen LogP contribution is -2.41. The maximum absolute atomic E-state index is 12.1. The molecule has 1 aliphatic heterocycles. The third-order valence-corrected chi connectivity index (χ3v) is 4.52. The zero-order valence-corrected chi connectivity index (χ0v) is 16.2. The SMILES string of the molecule is Cc1cc(OCCC2CCN(C(=O)OC(C)(C)C)CC2)ccc1C(N)=O. The number of ether oxygens (including phenoxy) is 2. The van der Waals surface area contributed by atoms with Crippen LogP contribution >= 0.6 is 0 Å². The molecule has 0 atom stereocenters. The number of piperidine rings is 1. The van der Waals surface area contributed by atoms with E-state index in [1.54, 1.807) is 17.0 Å². The predicted molar refractivity (Wildman–Crippen MR) is 100 cm³/mol. The molecule has 0 bridgehead atoms. The normalized spacial score (nSPS) is 15.6. The Morgan fingerprint density at radius 1 is 1.23 bits per heavy atom. The van der Waals surface area contributed by atoms with Gasteiger partial charge in [-0.25, -0.2) is 4.79 Å². The summed E-state index contributed by atoms with van der Waals surface area (Å²) in [4.78, 5) is 25.1. The van der Waals surface area contributed by atoms with Crippen LogP contribution < -0.4 is 10.5 Å². The van der Waals surface area contributed by atoms with Crippen LogP contribution in [-0.4, -0.2) is 42.2 Å². The molecule has 0 aromatic heterocycles. The van der Waals surface area contributed by atoms with Crippen LogP contribution in [0.3, 0.4) is 0 Å². The van der Waals surface area contributed by atoms with Crippen LogP contribution in [0.1, 0.15) is 56.0 Å². The molecular formula is C20H30N2O4. The van der Waals surface area contributed by atoms with Crippen molar-refractivity contribution in [3.8, 4) is 5.75 Å². The second-order valence-electron chi connectivity index (χ2n) is 7.89. The minimum atomic E-state index is -0.454. The molecule has 6 nitrogen and oxygen atoms in total. The zero-order valence-electron chi connectivity index (χ0n) is 16.2. The second kappa shape index (κ2) is 8.43. The molecule has 1 heterocycles. The summed E-state index contributed by atoms with van der Waals surface area (Å²) in [6, 6.07) is 5.32. The summed E-state index contributed by atoms with van der Waals surface area (Å²) in [5.41, 5.74) is 6.20. The highest BCUT2D eigenvalue weighted by atomic mass is 16.6. The lowest BCUT2D eigenvalue weighted by molar-refractivity contribution is 0.0177. The fourth-order valence-corrected chi connectivity index (χ4v) is 3.08. The van der Waals surface area contributed by atoms with Gasteiger partial charge in [-0.1, -0.05) is 0 Å².